The summed E-state index contributed by atoms with van der Waals surface area (Å²) in [5.74, 6) is 0.0551. The molecule has 0 aliphatic heterocycles. The molecule has 1 aromatic heterocycles. The van der Waals surface area contributed by atoms with Crippen molar-refractivity contribution in [2.75, 3.05) is 13.2 Å². The highest BCUT2D eigenvalue weighted by Crippen LogP contribution is 2.21. The molecule has 0 aliphatic carbocycles. The summed E-state index contributed by atoms with van der Waals surface area (Å²) >= 11 is 12.0. The lowest BCUT2D eigenvalue weighted by atomic mass is 10.1. The Labute approximate surface area is 190 Å². The number of amides is 1. The minimum atomic E-state index is -0.343. The Balaban J connectivity index is 1.83. The second-order valence-electron chi connectivity index (χ2n) is 7.10. The van der Waals surface area contributed by atoms with Crippen molar-refractivity contribution >= 4 is 29.1 Å². The Morgan fingerprint density at radius 3 is 2.52 bits per heavy atom. The maximum absolute atomic E-state index is 13.1. The van der Waals surface area contributed by atoms with Crippen molar-refractivity contribution in [2.45, 2.75) is 26.3 Å². The zero-order valence-electron chi connectivity index (χ0n) is 17.1. The quantitative estimate of drug-likeness (QED) is 0.540. The summed E-state index contributed by atoms with van der Waals surface area (Å²) in [4.78, 5) is 30.3. The van der Waals surface area contributed by atoms with Gasteiger partial charge in [-0.15, -0.1) is 0 Å². The number of hydrogen-bond acceptors (Lipinski definition) is 4. The van der Waals surface area contributed by atoms with Crippen LogP contribution in [-0.4, -0.2) is 33.7 Å². The third kappa shape index (κ3) is 5.94. The number of nitrogens with zero attached hydrogens (tertiary/aromatic N) is 2. The van der Waals surface area contributed by atoms with E-state index < -0.39 is 0 Å². The van der Waals surface area contributed by atoms with Crippen LogP contribution in [0.4, 0.5) is 0 Å². The van der Waals surface area contributed by atoms with Gasteiger partial charge in [0.1, 0.15) is 12.4 Å². The van der Waals surface area contributed by atoms with Crippen LogP contribution in [-0.2, 0) is 24.2 Å². The molecule has 0 bridgehead atoms. The van der Waals surface area contributed by atoms with E-state index in [0.717, 1.165) is 5.56 Å². The molecule has 162 valence electrons. The highest BCUT2D eigenvalue weighted by molar-refractivity contribution is 6.31. The normalized spacial score (nSPS) is 10.8. The van der Waals surface area contributed by atoms with E-state index >= 15 is 0 Å². The van der Waals surface area contributed by atoms with E-state index in [9.17, 15) is 14.7 Å². The van der Waals surface area contributed by atoms with Gasteiger partial charge >= 0.3 is 0 Å². The molecule has 8 heteroatoms. The number of carbonyl (C=O) groups excluding carboxylic acids is 1. The first kappa shape index (κ1) is 23.0. The second kappa shape index (κ2) is 10.6. The molecule has 0 radical (unpaired) electrons. The van der Waals surface area contributed by atoms with Gasteiger partial charge in [-0.3, -0.25) is 14.2 Å². The number of halogens is 2. The number of nitrogens with one attached hydrogen (secondary N) is 1. The van der Waals surface area contributed by atoms with Crippen LogP contribution < -0.4 is 10.9 Å². The van der Waals surface area contributed by atoms with E-state index in [-0.39, 0.29) is 31.0 Å². The van der Waals surface area contributed by atoms with Gasteiger partial charge in [0.25, 0.3) is 5.56 Å². The molecule has 31 heavy (non-hydrogen) atoms. The smallest absolute Gasteiger partial charge is 0.257 e. The second-order valence-corrected chi connectivity index (χ2v) is 7.97. The number of benzene rings is 2. The van der Waals surface area contributed by atoms with Gasteiger partial charge in [0, 0.05) is 46.4 Å². The van der Waals surface area contributed by atoms with E-state index in [0.29, 0.717) is 45.7 Å². The summed E-state index contributed by atoms with van der Waals surface area (Å²) in [7, 11) is 0. The number of aliphatic hydroxyl groups excluding tert-OH is 1. The summed E-state index contributed by atoms with van der Waals surface area (Å²) in [5.41, 5.74) is 2.25. The van der Waals surface area contributed by atoms with Crippen LogP contribution in [0.2, 0.25) is 10.0 Å². The fraction of sp³-hybridized carbons (Fsp3) is 0.261. The number of carbonyl (C=O) groups is 1. The molecule has 0 atom stereocenters. The number of aromatic nitrogens is 2. The molecular formula is C23H23Cl2N3O3. The van der Waals surface area contributed by atoms with Crippen molar-refractivity contribution in [3.05, 3.63) is 85.8 Å². The minimum Gasteiger partial charge on any atom is -0.396 e. The average molecular weight is 460 g/mol. The first-order chi connectivity index (χ1) is 14.9. The van der Waals surface area contributed by atoms with Crippen molar-refractivity contribution in [3.8, 4) is 11.4 Å². The lowest BCUT2D eigenvalue weighted by molar-refractivity contribution is -0.121. The predicted octanol–water partition coefficient (Wildman–Crippen LogP) is 3.42. The summed E-state index contributed by atoms with van der Waals surface area (Å²) in [6.45, 7) is 1.77. The number of aryl methyl sites for hydroxylation is 1. The predicted molar refractivity (Wildman–Crippen MR) is 123 cm³/mol. The Morgan fingerprint density at radius 2 is 1.84 bits per heavy atom. The summed E-state index contributed by atoms with van der Waals surface area (Å²) < 4.78 is 1.33. The molecule has 2 N–H and O–H groups in total. The van der Waals surface area contributed by atoms with E-state index in [1.807, 2.05) is 12.1 Å². The van der Waals surface area contributed by atoms with E-state index in [2.05, 4.69) is 10.3 Å². The monoisotopic (exact) mass is 459 g/mol. The van der Waals surface area contributed by atoms with Gasteiger partial charge in [-0.05, 0) is 43.2 Å². The molecule has 0 saturated carbocycles. The highest BCUT2D eigenvalue weighted by atomic mass is 35.5. The molecule has 0 spiro atoms. The van der Waals surface area contributed by atoms with Crippen LogP contribution in [0.15, 0.2) is 53.3 Å². The molecule has 3 rings (SSSR count). The molecule has 1 amide bonds. The molecule has 0 saturated heterocycles. The van der Waals surface area contributed by atoms with Gasteiger partial charge in [0.05, 0.1) is 0 Å². The van der Waals surface area contributed by atoms with Crippen LogP contribution in [0.25, 0.3) is 11.4 Å². The van der Waals surface area contributed by atoms with Crippen molar-refractivity contribution in [2.24, 2.45) is 0 Å². The maximum atomic E-state index is 13.1. The zero-order valence-corrected chi connectivity index (χ0v) is 18.6. The van der Waals surface area contributed by atoms with Crippen molar-refractivity contribution in [1.82, 2.24) is 14.9 Å². The molecule has 2 aromatic carbocycles. The maximum Gasteiger partial charge on any atom is 0.257 e. The average Bonchev–Trinajstić information content (AvgIpc) is 2.74. The van der Waals surface area contributed by atoms with Crippen LogP contribution in [0.5, 0.6) is 0 Å². The van der Waals surface area contributed by atoms with Crippen LogP contribution in [0.3, 0.4) is 0 Å². The SMILES string of the molecule is Cc1nc(-c2cccc(Cl)c2)n(CC(=O)NCCc2ccc(Cl)cc2)c(=O)c1CCO. The van der Waals surface area contributed by atoms with Crippen molar-refractivity contribution in [1.29, 1.82) is 0 Å². The molecule has 0 unspecified atom stereocenters. The van der Waals surface area contributed by atoms with Gasteiger partial charge in [-0.1, -0.05) is 47.5 Å². The Morgan fingerprint density at radius 1 is 1.10 bits per heavy atom. The molecule has 3 aromatic rings. The summed E-state index contributed by atoms with van der Waals surface area (Å²) in [5, 5.41) is 13.3. The minimum absolute atomic E-state index is 0.172. The molecule has 0 fully saturated rings. The van der Waals surface area contributed by atoms with Gasteiger partial charge in [-0.25, -0.2) is 4.98 Å². The number of aliphatic hydroxyl groups is 1. The summed E-state index contributed by atoms with van der Waals surface area (Å²) in [6, 6.07) is 14.4. The van der Waals surface area contributed by atoms with Gasteiger partial charge in [0.15, 0.2) is 0 Å². The zero-order chi connectivity index (χ0) is 22.4. The molecule has 6 nitrogen and oxygen atoms in total. The number of hydrogen-bond donors (Lipinski definition) is 2. The van der Waals surface area contributed by atoms with Crippen LogP contribution in [0.1, 0.15) is 16.8 Å². The summed E-state index contributed by atoms with van der Waals surface area (Å²) in [6.07, 6.45) is 0.812. The molecule has 1 heterocycles. The molecule has 0 aliphatic rings. The molecular weight excluding hydrogens is 437 g/mol. The topological polar surface area (TPSA) is 84.2 Å². The van der Waals surface area contributed by atoms with E-state index in [1.165, 1.54) is 4.57 Å². The first-order valence-electron chi connectivity index (χ1n) is 9.87. The lowest BCUT2D eigenvalue weighted by Gasteiger charge is -2.16. The Hall–Kier alpha value is -2.67. The number of rotatable bonds is 8. The van der Waals surface area contributed by atoms with Crippen molar-refractivity contribution in [3.63, 3.8) is 0 Å². The van der Waals surface area contributed by atoms with Gasteiger partial charge in [0.2, 0.25) is 5.91 Å². The van der Waals surface area contributed by atoms with Gasteiger partial charge < -0.3 is 10.4 Å². The fourth-order valence-corrected chi connectivity index (χ4v) is 3.61. The van der Waals surface area contributed by atoms with E-state index in [1.54, 1.807) is 43.3 Å². The first-order valence-corrected chi connectivity index (χ1v) is 10.6. The Bertz CT molecular complexity index is 1130. The van der Waals surface area contributed by atoms with E-state index in [4.69, 9.17) is 23.2 Å². The Kier molecular flexibility index (Phi) is 7.85. The van der Waals surface area contributed by atoms with Crippen LogP contribution in [0, 0.1) is 6.92 Å². The van der Waals surface area contributed by atoms with Gasteiger partial charge in [-0.2, -0.15) is 0 Å². The third-order valence-corrected chi connectivity index (χ3v) is 5.35. The fourth-order valence-electron chi connectivity index (χ4n) is 3.29. The standard InChI is InChI=1S/C23H23Cl2N3O3/c1-15-20(10-12-29)23(31)28(22(27-15)17-3-2-4-19(25)13-17)14-21(30)26-11-9-16-5-7-18(24)8-6-16/h2-8,13,29H,9-12,14H2,1H3,(H,26,30). The lowest BCUT2D eigenvalue weighted by Crippen LogP contribution is -2.36. The third-order valence-electron chi connectivity index (χ3n) is 4.86. The largest absolute Gasteiger partial charge is 0.396 e. The van der Waals surface area contributed by atoms with Crippen molar-refractivity contribution < 1.29 is 9.90 Å². The highest BCUT2D eigenvalue weighted by Gasteiger charge is 2.17. The van der Waals surface area contributed by atoms with Crippen LogP contribution >= 0.6 is 23.2 Å².